The summed E-state index contributed by atoms with van der Waals surface area (Å²) >= 11 is 0. The van der Waals surface area contributed by atoms with Gasteiger partial charge in [-0.3, -0.25) is 4.79 Å². The highest BCUT2D eigenvalue weighted by Gasteiger charge is 2.34. The van der Waals surface area contributed by atoms with E-state index in [1.165, 1.54) is 5.56 Å². The van der Waals surface area contributed by atoms with Crippen molar-refractivity contribution in [3.05, 3.63) is 35.4 Å². The van der Waals surface area contributed by atoms with Crippen LogP contribution in [0.5, 0.6) is 0 Å². The molecule has 0 heterocycles. The first kappa shape index (κ1) is 11.7. The molecule has 1 aromatic carbocycles. The molecule has 0 spiro atoms. The summed E-state index contributed by atoms with van der Waals surface area (Å²) in [5.41, 5.74) is 2.42. The predicted molar refractivity (Wildman–Crippen MR) is 65.3 cm³/mol. The number of amides is 1. The van der Waals surface area contributed by atoms with Gasteiger partial charge in [-0.2, -0.15) is 5.26 Å². The van der Waals surface area contributed by atoms with Crippen LogP contribution in [0, 0.1) is 11.3 Å². The first-order valence-electron chi connectivity index (χ1n) is 5.86. The highest BCUT2D eigenvalue weighted by atomic mass is 16.2. The van der Waals surface area contributed by atoms with Gasteiger partial charge in [0.05, 0.1) is 18.4 Å². The lowest BCUT2D eigenvalue weighted by molar-refractivity contribution is -0.133. The molecule has 2 atom stereocenters. The van der Waals surface area contributed by atoms with Crippen molar-refractivity contribution in [2.24, 2.45) is 0 Å². The van der Waals surface area contributed by atoms with Crippen LogP contribution in [0.25, 0.3) is 0 Å². The SMILES string of the molecule is CC(CC#N)N(C)C(=O)C1Cc2ccccc21. The molecule has 0 radical (unpaired) electrons. The number of fused-ring (bicyclic) bond motifs is 1. The average Bonchev–Trinajstić information content (AvgIpc) is 2.30. The largest absolute Gasteiger partial charge is 0.341 e. The summed E-state index contributed by atoms with van der Waals surface area (Å²) < 4.78 is 0. The van der Waals surface area contributed by atoms with E-state index in [0.29, 0.717) is 6.42 Å². The number of likely N-dealkylation sites (N-methyl/N-ethyl adjacent to an activating group) is 1. The third-order valence-corrected chi connectivity index (χ3v) is 3.55. The lowest BCUT2D eigenvalue weighted by atomic mass is 9.76. The Morgan fingerprint density at radius 3 is 2.94 bits per heavy atom. The third-order valence-electron chi connectivity index (χ3n) is 3.55. The number of carbonyl (C=O) groups is 1. The number of benzene rings is 1. The molecule has 0 aliphatic heterocycles. The molecule has 3 nitrogen and oxygen atoms in total. The Labute approximate surface area is 102 Å². The first-order valence-corrected chi connectivity index (χ1v) is 5.86. The second-order valence-corrected chi connectivity index (χ2v) is 4.62. The molecule has 1 amide bonds. The summed E-state index contributed by atoms with van der Waals surface area (Å²) in [6, 6.07) is 10.1. The van der Waals surface area contributed by atoms with Gasteiger partial charge in [-0.15, -0.1) is 0 Å². The van der Waals surface area contributed by atoms with Crippen molar-refractivity contribution >= 4 is 5.91 Å². The minimum atomic E-state index is -0.0136. The topological polar surface area (TPSA) is 44.1 Å². The van der Waals surface area contributed by atoms with E-state index in [9.17, 15) is 4.79 Å². The van der Waals surface area contributed by atoms with E-state index in [0.717, 1.165) is 12.0 Å². The second kappa shape index (κ2) is 4.58. The van der Waals surface area contributed by atoms with Crippen molar-refractivity contribution in [3.63, 3.8) is 0 Å². The Balaban J connectivity index is 2.07. The average molecular weight is 228 g/mol. The number of carbonyl (C=O) groups excluding carboxylic acids is 1. The van der Waals surface area contributed by atoms with Gasteiger partial charge in [-0.25, -0.2) is 0 Å². The maximum absolute atomic E-state index is 12.2. The van der Waals surface area contributed by atoms with Gasteiger partial charge in [0.2, 0.25) is 5.91 Å². The van der Waals surface area contributed by atoms with Crippen molar-refractivity contribution in [1.82, 2.24) is 4.90 Å². The van der Waals surface area contributed by atoms with Crippen LogP contribution in [-0.2, 0) is 11.2 Å². The molecule has 17 heavy (non-hydrogen) atoms. The van der Waals surface area contributed by atoms with Crippen LogP contribution in [0.15, 0.2) is 24.3 Å². The Hall–Kier alpha value is -1.82. The van der Waals surface area contributed by atoms with Gasteiger partial charge < -0.3 is 4.90 Å². The van der Waals surface area contributed by atoms with Crippen LogP contribution < -0.4 is 0 Å². The molecular formula is C14H16N2O. The van der Waals surface area contributed by atoms with Gasteiger partial charge in [0, 0.05) is 13.1 Å². The lowest BCUT2D eigenvalue weighted by Gasteiger charge is -2.34. The number of nitrogens with zero attached hydrogens (tertiary/aromatic N) is 2. The molecule has 0 fully saturated rings. The lowest BCUT2D eigenvalue weighted by Crippen LogP contribution is -2.41. The molecule has 2 rings (SSSR count). The van der Waals surface area contributed by atoms with Crippen LogP contribution in [0.2, 0.25) is 0 Å². The van der Waals surface area contributed by atoms with Gasteiger partial charge >= 0.3 is 0 Å². The van der Waals surface area contributed by atoms with Gasteiger partial charge in [0.1, 0.15) is 0 Å². The summed E-state index contributed by atoms with van der Waals surface area (Å²) in [7, 11) is 1.78. The molecule has 2 unspecified atom stereocenters. The molecule has 0 saturated carbocycles. The predicted octanol–water partition coefficient (Wildman–Crippen LogP) is 2.09. The fourth-order valence-electron chi connectivity index (χ4n) is 2.21. The van der Waals surface area contributed by atoms with Gasteiger partial charge in [-0.1, -0.05) is 24.3 Å². The van der Waals surface area contributed by atoms with E-state index in [2.05, 4.69) is 12.1 Å². The number of rotatable bonds is 3. The van der Waals surface area contributed by atoms with Crippen molar-refractivity contribution < 1.29 is 4.79 Å². The molecule has 0 N–H and O–H groups in total. The molecule has 1 aliphatic carbocycles. The normalized spacial score (nSPS) is 18.5. The molecular weight excluding hydrogens is 212 g/mol. The summed E-state index contributed by atoms with van der Waals surface area (Å²) in [5, 5.41) is 8.65. The van der Waals surface area contributed by atoms with Crippen molar-refractivity contribution in [1.29, 1.82) is 5.26 Å². The number of hydrogen-bond acceptors (Lipinski definition) is 2. The zero-order valence-corrected chi connectivity index (χ0v) is 10.2. The van der Waals surface area contributed by atoms with E-state index >= 15 is 0 Å². The maximum Gasteiger partial charge on any atom is 0.230 e. The van der Waals surface area contributed by atoms with Gasteiger partial charge in [0.25, 0.3) is 0 Å². The zero-order valence-electron chi connectivity index (χ0n) is 10.2. The highest BCUT2D eigenvalue weighted by Crippen LogP contribution is 2.36. The number of hydrogen-bond donors (Lipinski definition) is 0. The highest BCUT2D eigenvalue weighted by molar-refractivity contribution is 5.87. The summed E-state index contributed by atoms with van der Waals surface area (Å²) in [6.07, 6.45) is 1.22. The summed E-state index contributed by atoms with van der Waals surface area (Å²) in [4.78, 5) is 13.9. The van der Waals surface area contributed by atoms with E-state index in [1.807, 2.05) is 25.1 Å². The van der Waals surface area contributed by atoms with Crippen molar-refractivity contribution in [2.75, 3.05) is 7.05 Å². The fourth-order valence-corrected chi connectivity index (χ4v) is 2.21. The minimum Gasteiger partial charge on any atom is -0.341 e. The Morgan fingerprint density at radius 1 is 1.59 bits per heavy atom. The Bertz CT molecular complexity index is 475. The van der Waals surface area contributed by atoms with Crippen molar-refractivity contribution in [2.45, 2.75) is 31.7 Å². The van der Waals surface area contributed by atoms with Crippen LogP contribution in [0.3, 0.4) is 0 Å². The minimum absolute atomic E-state index is 0.00246. The van der Waals surface area contributed by atoms with E-state index in [-0.39, 0.29) is 17.9 Å². The summed E-state index contributed by atoms with van der Waals surface area (Å²) in [6.45, 7) is 1.91. The molecule has 88 valence electrons. The third kappa shape index (κ3) is 2.03. The van der Waals surface area contributed by atoms with Gasteiger partial charge in [0.15, 0.2) is 0 Å². The Kier molecular flexibility index (Phi) is 3.14. The van der Waals surface area contributed by atoms with Crippen LogP contribution in [-0.4, -0.2) is 23.9 Å². The second-order valence-electron chi connectivity index (χ2n) is 4.62. The molecule has 3 heteroatoms. The Morgan fingerprint density at radius 2 is 2.29 bits per heavy atom. The van der Waals surface area contributed by atoms with Crippen molar-refractivity contribution in [3.8, 4) is 6.07 Å². The number of nitriles is 1. The van der Waals surface area contributed by atoms with Crippen LogP contribution >= 0.6 is 0 Å². The monoisotopic (exact) mass is 228 g/mol. The van der Waals surface area contributed by atoms with E-state index in [4.69, 9.17) is 5.26 Å². The first-order chi connectivity index (χ1) is 8.15. The molecule has 1 aliphatic rings. The van der Waals surface area contributed by atoms with Crippen LogP contribution in [0.4, 0.5) is 0 Å². The standard InChI is InChI=1S/C14H16N2O/c1-10(7-8-15)16(2)14(17)13-9-11-5-3-4-6-12(11)13/h3-6,10,13H,7,9H2,1-2H3. The smallest absolute Gasteiger partial charge is 0.230 e. The molecule has 1 aromatic rings. The molecule has 0 aromatic heterocycles. The molecule has 0 saturated heterocycles. The van der Waals surface area contributed by atoms with E-state index in [1.54, 1.807) is 11.9 Å². The summed E-state index contributed by atoms with van der Waals surface area (Å²) in [5.74, 6) is 0.129. The van der Waals surface area contributed by atoms with E-state index < -0.39 is 0 Å². The maximum atomic E-state index is 12.2. The van der Waals surface area contributed by atoms with Gasteiger partial charge in [-0.05, 0) is 24.5 Å². The zero-order chi connectivity index (χ0) is 12.4. The fraction of sp³-hybridized carbons (Fsp3) is 0.429. The van der Waals surface area contributed by atoms with Crippen LogP contribution in [0.1, 0.15) is 30.4 Å². The molecule has 0 bridgehead atoms. The quantitative estimate of drug-likeness (QED) is 0.795.